The molecule has 1 fully saturated rings. The first-order valence-electron chi connectivity index (χ1n) is 11.7. The van der Waals surface area contributed by atoms with Crippen LogP contribution in [-0.2, 0) is 11.3 Å². The summed E-state index contributed by atoms with van der Waals surface area (Å²) in [5, 5.41) is 6.92. The van der Waals surface area contributed by atoms with Gasteiger partial charge in [0.15, 0.2) is 5.96 Å². The number of ether oxygens (including phenoxy) is 2. The number of aliphatic imine (C=N–C) groups is 1. The molecule has 1 aliphatic rings. The summed E-state index contributed by atoms with van der Waals surface area (Å²) < 4.78 is 11.3. The van der Waals surface area contributed by atoms with Crippen LogP contribution in [0.2, 0.25) is 0 Å². The fourth-order valence-electron chi connectivity index (χ4n) is 3.67. The van der Waals surface area contributed by atoms with Crippen molar-refractivity contribution in [1.29, 1.82) is 0 Å². The van der Waals surface area contributed by atoms with E-state index < -0.39 is 0 Å². The zero-order valence-electron chi connectivity index (χ0n) is 20.6. The molecule has 0 aromatic heterocycles. The van der Waals surface area contributed by atoms with Crippen molar-refractivity contribution in [2.75, 3.05) is 66.6 Å². The summed E-state index contributed by atoms with van der Waals surface area (Å²) >= 11 is 0. The molecule has 1 aromatic rings. The highest BCUT2D eigenvalue weighted by molar-refractivity contribution is 14.0. The molecule has 1 aromatic carbocycles. The molecule has 0 saturated carbocycles. The third kappa shape index (κ3) is 11.2. The van der Waals surface area contributed by atoms with E-state index in [1.807, 2.05) is 12.1 Å². The Morgan fingerprint density at radius 3 is 2.44 bits per heavy atom. The van der Waals surface area contributed by atoms with Crippen molar-refractivity contribution in [3.05, 3.63) is 29.8 Å². The molecule has 2 N–H and O–H groups in total. The molecular weight excluding hydrogens is 517 g/mol. The van der Waals surface area contributed by atoms with Gasteiger partial charge in [0.25, 0.3) is 0 Å². The highest BCUT2D eigenvalue weighted by atomic mass is 127. The summed E-state index contributed by atoms with van der Waals surface area (Å²) in [7, 11) is 4.16. The van der Waals surface area contributed by atoms with E-state index in [1.165, 1.54) is 5.56 Å². The Balaban J connectivity index is 0.00000512. The largest absolute Gasteiger partial charge is 0.494 e. The Labute approximate surface area is 212 Å². The van der Waals surface area contributed by atoms with E-state index in [0.717, 1.165) is 70.7 Å². The Kier molecular flexibility index (Phi) is 14.9. The summed E-state index contributed by atoms with van der Waals surface area (Å²) in [6.07, 6.45) is 1.03. The minimum atomic E-state index is 0. The number of halogens is 1. The minimum absolute atomic E-state index is 0. The first-order chi connectivity index (χ1) is 15.0. The van der Waals surface area contributed by atoms with Gasteiger partial charge in [-0.1, -0.05) is 26.0 Å². The Bertz CT molecular complexity index is 634. The van der Waals surface area contributed by atoms with Gasteiger partial charge in [0.05, 0.1) is 26.4 Å². The van der Waals surface area contributed by atoms with Gasteiger partial charge in [-0.25, -0.2) is 4.99 Å². The molecule has 0 radical (unpaired) electrons. The van der Waals surface area contributed by atoms with Gasteiger partial charge in [-0.3, -0.25) is 4.90 Å². The van der Waals surface area contributed by atoms with Gasteiger partial charge in [-0.2, -0.15) is 0 Å². The number of rotatable bonds is 12. The maximum atomic E-state index is 5.82. The average Bonchev–Trinajstić information content (AvgIpc) is 2.76. The molecule has 32 heavy (non-hydrogen) atoms. The minimum Gasteiger partial charge on any atom is -0.494 e. The zero-order valence-corrected chi connectivity index (χ0v) is 22.9. The lowest BCUT2D eigenvalue weighted by Crippen LogP contribution is -2.52. The van der Waals surface area contributed by atoms with Gasteiger partial charge in [0, 0.05) is 38.8 Å². The summed E-state index contributed by atoms with van der Waals surface area (Å²) in [4.78, 5) is 9.49. The van der Waals surface area contributed by atoms with Crippen molar-refractivity contribution in [2.45, 2.75) is 39.8 Å². The van der Waals surface area contributed by atoms with E-state index >= 15 is 0 Å². The van der Waals surface area contributed by atoms with Crippen LogP contribution in [0.4, 0.5) is 0 Å². The highest BCUT2D eigenvalue weighted by Crippen LogP contribution is 2.14. The van der Waals surface area contributed by atoms with Crippen LogP contribution in [0.5, 0.6) is 5.75 Å². The SMILES string of the molecule is CCNC(=NCc1ccc(OCCCN(C)C)cc1)NCC(C(C)C)N1CCOCC1.I. The van der Waals surface area contributed by atoms with E-state index in [-0.39, 0.29) is 24.0 Å². The lowest BCUT2D eigenvalue weighted by molar-refractivity contribution is 0.00752. The molecule has 2 rings (SSSR count). The van der Waals surface area contributed by atoms with Gasteiger partial charge < -0.3 is 25.0 Å². The fourth-order valence-corrected chi connectivity index (χ4v) is 3.67. The summed E-state index contributed by atoms with van der Waals surface area (Å²) in [6, 6.07) is 8.73. The molecule has 8 heteroatoms. The summed E-state index contributed by atoms with van der Waals surface area (Å²) in [6.45, 7) is 14.5. The smallest absolute Gasteiger partial charge is 0.191 e. The van der Waals surface area contributed by atoms with Crippen LogP contribution >= 0.6 is 24.0 Å². The quantitative estimate of drug-likeness (QED) is 0.177. The molecule has 0 aliphatic carbocycles. The number of nitrogens with zero attached hydrogens (tertiary/aromatic N) is 3. The van der Waals surface area contributed by atoms with E-state index in [4.69, 9.17) is 14.5 Å². The standard InChI is InChI=1S/C24H43N5O2.HI/c1-6-25-24(27-19-23(20(2)3)29-13-16-30-17-14-29)26-18-21-8-10-22(11-9-21)31-15-7-12-28(4)5;/h8-11,20,23H,6-7,12-19H2,1-5H3,(H2,25,26,27);1H. The molecule has 184 valence electrons. The Morgan fingerprint density at radius 2 is 1.84 bits per heavy atom. The van der Waals surface area contributed by atoms with E-state index in [2.05, 4.69) is 67.4 Å². The third-order valence-corrected chi connectivity index (χ3v) is 5.47. The van der Waals surface area contributed by atoms with E-state index in [0.29, 0.717) is 18.5 Å². The van der Waals surface area contributed by atoms with Crippen molar-refractivity contribution < 1.29 is 9.47 Å². The topological polar surface area (TPSA) is 61.4 Å². The number of guanidine groups is 1. The van der Waals surface area contributed by atoms with Crippen LogP contribution in [-0.4, -0.2) is 88.4 Å². The predicted octanol–water partition coefficient (Wildman–Crippen LogP) is 3.05. The maximum Gasteiger partial charge on any atom is 0.191 e. The van der Waals surface area contributed by atoms with Crippen LogP contribution in [0.1, 0.15) is 32.8 Å². The van der Waals surface area contributed by atoms with Crippen LogP contribution in [0.15, 0.2) is 29.3 Å². The normalized spacial score (nSPS) is 16.0. The summed E-state index contributed by atoms with van der Waals surface area (Å²) in [5.41, 5.74) is 1.17. The van der Waals surface area contributed by atoms with Gasteiger partial charge >= 0.3 is 0 Å². The van der Waals surface area contributed by atoms with Crippen molar-refractivity contribution >= 4 is 29.9 Å². The molecule has 0 amide bonds. The van der Waals surface area contributed by atoms with Crippen molar-refractivity contribution in [1.82, 2.24) is 20.4 Å². The molecule has 1 unspecified atom stereocenters. The Morgan fingerprint density at radius 1 is 1.16 bits per heavy atom. The second-order valence-corrected chi connectivity index (χ2v) is 8.69. The molecule has 1 aliphatic heterocycles. The highest BCUT2D eigenvalue weighted by Gasteiger charge is 2.23. The average molecular weight is 562 g/mol. The third-order valence-electron chi connectivity index (χ3n) is 5.47. The van der Waals surface area contributed by atoms with Gasteiger partial charge in [-0.05, 0) is 51.1 Å². The molecule has 7 nitrogen and oxygen atoms in total. The maximum absolute atomic E-state index is 5.82. The molecule has 1 atom stereocenters. The van der Waals surface area contributed by atoms with Gasteiger partial charge in [-0.15, -0.1) is 24.0 Å². The molecule has 0 spiro atoms. The molecule has 1 saturated heterocycles. The molecule has 1 heterocycles. The number of hydrogen-bond donors (Lipinski definition) is 2. The van der Waals surface area contributed by atoms with Crippen LogP contribution in [0.3, 0.4) is 0 Å². The molecule has 0 bridgehead atoms. The van der Waals surface area contributed by atoms with E-state index in [9.17, 15) is 0 Å². The van der Waals surface area contributed by atoms with Crippen LogP contribution < -0.4 is 15.4 Å². The lowest BCUT2D eigenvalue weighted by atomic mass is 10.0. The number of nitrogens with one attached hydrogen (secondary N) is 2. The Hall–Kier alpha value is -1.10. The van der Waals surface area contributed by atoms with Crippen molar-refractivity contribution in [2.24, 2.45) is 10.9 Å². The lowest BCUT2D eigenvalue weighted by Gasteiger charge is -2.37. The van der Waals surface area contributed by atoms with Crippen molar-refractivity contribution in [3.8, 4) is 5.75 Å². The number of morpholine rings is 1. The monoisotopic (exact) mass is 561 g/mol. The second-order valence-electron chi connectivity index (χ2n) is 8.69. The first-order valence-corrected chi connectivity index (χ1v) is 11.7. The summed E-state index contributed by atoms with van der Waals surface area (Å²) in [5.74, 6) is 2.35. The molecular formula is C24H44IN5O2. The van der Waals surface area contributed by atoms with Gasteiger partial charge in [0.2, 0.25) is 0 Å². The first kappa shape index (κ1) is 28.9. The van der Waals surface area contributed by atoms with Crippen molar-refractivity contribution in [3.63, 3.8) is 0 Å². The zero-order chi connectivity index (χ0) is 22.5. The second kappa shape index (κ2) is 16.5. The number of benzene rings is 1. The van der Waals surface area contributed by atoms with Crippen LogP contribution in [0, 0.1) is 5.92 Å². The van der Waals surface area contributed by atoms with Gasteiger partial charge in [0.1, 0.15) is 5.75 Å². The predicted molar refractivity (Wildman–Crippen MR) is 144 cm³/mol. The number of hydrogen-bond acceptors (Lipinski definition) is 5. The fraction of sp³-hybridized carbons (Fsp3) is 0.708. The van der Waals surface area contributed by atoms with Crippen LogP contribution in [0.25, 0.3) is 0 Å². The van der Waals surface area contributed by atoms with E-state index in [1.54, 1.807) is 0 Å².